The molecule has 4 nitrogen and oxygen atoms in total. The highest BCUT2D eigenvalue weighted by Crippen LogP contribution is 2.26. The zero-order valence-corrected chi connectivity index (χ0v) is 18.8. The summed E-state index contributed by atoms with van der Waals surface area (Å²) in [6, 6.07) is 14.4. The Morgan fingerprint density at radius 1 is 1.07 bits per heavy atom. The topological polar surface area (TPSA) is 41.6 Å². The first-order valence-corrected chi connectivity index (χ1v) is 11.5. The summed E-state index contributed by atoms with van der Waals surface area (Å²) in [5.74, 6) is 0.852. The smallest absolute Gasteiger partial charge is 0.224 e. The first kappa shape index (κ1) is 21.8. The molecule has 0 spiro atoms. The van der Waals surface area contributed by atoms with Gasteiger partial charge in [0.2, 0.25) is 5.91 Å². The SMILES string of the molecule is CCc1ccc(OCCCC(=O)Nc2ccc(CN3CCCCC3)cc2)c(Br)c1. The standard InChI is InChI=1S/C24H31BrN2O2/c1-2-19-10-13-23(22(25)17-19)29-16-6-7-24(28)26-21-11-8-20(9-12-21)18-27-14-4-3-5-15-27/h8-13,17H,2-7,14-16,18H2,1H3,(H,26,28). The lowest BCUT2D eigenvalue weighted by Crippen LogP contribution is -2.29. The number of rotatable bonds is 9. The predicted molar refractivity (Wildman–Crippen MR) is 122 cm³/mol. The average molecular weight is 459 g/mol. The molecule has 1 saturated heterocycles. The second kappa shape index (κ2) is 11.4. The van der Waals surface area contributed by atoms with Gasteiger partial charge in [-0.05, 0) is 90.1 Å². The van der Waals surface area contributed by atoms with Crippen LogP contribution in [-0.2, 0) is 17.8 Å². The summed E-state index contributed by atoms with van der Waals surface area (Å²) >= 11 is 3.54. The molecule has 3 rings (SSSR count). The van der Waals surface area contributed by atoms with Crippen LogP contribution < -0.4 is 10.1 Å². The molecule has 156 valence electrons. The zero-order chi connectivity index (χ0) is 20.5. The third-order valence-corrected chi connectivity index (χ3v) is 5.92. The number of nitrogens with zero attached hydrogens (tertiary/aromatic N) is 1. The van der Waals surface area contributed by atoms with E-state index in [2.05, 4.69) is 57.3 Å². The summed E-state index contributed by atoms with van der Waals surface area (Å²) < 4.78 is 6.76. The van der Waals surface area contributed by atoms with E-state index in [0.717, 1.165) is 28.9 Å². The van der Waals surface area contributed by atoms with Crippen LogP contribution >= 0.6 is 15.9 Å². The molecular formula is C24H31BrN2O2. The lowest BCUT2D eigenvalue weighted by molar-refractivity contribution is -0.116. The number of benzene rings is 2. The maximum absolute atomic E-state index is 12.2. The predicted octanol–water partition coefficient (Wildman–Crippen LogP) is 5.80. The van der Waals surface area contributed by atoms with Gasteiger partial charge in [0.15, 0.2) is 0 Å². The molecule has 0 bridgehead atoms. The van der Waals surface area contributed by atoms with Gasteiger partial charge in [-0.15, -0.1) is 0 Å². The van der Waals surface area contributed by atoms with Crippen molar-refractivity contribution < 1.29 is 9.53 Å². The van der Waals surface area contributed by atoms with E-state index in [1.54, 1.807) is 0 Å². The normalized spacial score (nSPS) is 14.6. The third kappa shape index (κ3) is 7.16. The Hall–Kier alpha value is -1.85. The number of aryl methyl sites for hydroxylation is 1. The van der Waals surface area contributed by atoms with Crippen LogP contribution in [0.1, 0.15) is 50.2 Å². The van der Waals surface area contributed by atoms with E-state index in [9.17, 15) is 4.79 Å². The van der Waals surface area contributed by atoms with Gasteiger partial charge < -0.3 is 10.1 Å². The number of nitrogens with one attached hydrogen (secondary N) is 1. The minimum atomic E-state index is 0.0257. The van der Waals surface area contributed by atoms with Crippen LogP contribution in [0.4, 0.5) is 5.69 Å². The Bertz CT molecular complexity index is 786. The fourth-order valence-corrected chi connectivity index (χ4v) is 4.13. The Morgan fingerprint density at radius 2 is 1.79 bits per heavy atom. The molecule has 1 aliphatic heterocycles. The number of piperidine rings is 1. The number of carbonyl (C=O) groups is 1. The Labute approximate surface area is 182 Å². The van der Waals surface area contributed by atoms with Gasteiger partial charge in [-0.3, -0.25) is 9.69 Å². The second-order valence-electron chi connectivity index (χ2n) is 7.65. The lowest BCUT2D eigenvalue weighted by Gasteiger charge is -2.26. The number of hydrogen-bond acceptors (Lipinski definition) is 3. The summed E-state index contributed by atoms with van der Waals surface area (Å²) in [6.07, 6.45) is 6.09. The Morgan fingerprint density at radius 3 is 2.48 bits per heavy atom. The molecule has 2 aromatic carbocycles. The molecule has 0 saturated carbocycles. The number of ether oxygens (including phenoxy) is 1. The van der Waals surface area contributed by atoms with E-state index in [1.165, 1.54) is 43.5 Å². The van der Waals surface area contributed by atoms with Crippen molar-refractivity contribution in [3.05, 3.63) is 58.1 Å². The zero-order valence-electron chi connectivity index (χ0n) is 17.3. The summed E-state index contributed by atoms with van der Waals surface area (Å²) in [7, 11) is 0. The van der Waals surface area contributed by atoms with Gasteiger partial charge >= 0.3 is 0 Å². The van der Waals surface area contributed by atoms with Crippen molar-refractivity contribution in [2.45, 2.75) is 52.0 Å². The van der Waals surface area contributed by atoms with Gasteiger partial charge in [-0.2, -0.15) is 0 Å². The molecule has 0 aromatic heterocycles. The van der Waals surface area contributed by atoms with Gasteiger partial charge in [0.25, 0.3) is 0 Å². The van der Waals surface area contributed by atoms with Crippen molar-refractivity contribution in [1.82, 2.24) is 4.90 Å². The van der Waals surface area contributed by atoms with Gasteiger partial charge in [-0.1, -0.05) is 31.5 Å². The molecular weight excluding hydrogens is 428 g/mol. The van der Waals surface area contributed by atoms with Crippen LogP contribution in [0.3, 0.4) is 0 Å². The molecule has 0 unspecified atom stereocenters. The molecule has 5 heteroatoms. The van der Waals surface area contributed by atoms with Crippen molar-refractivity contribution in [3.63, 3.8) is 0 Å². The molecule has 0 radical (unpaired) electrons. The van der Waals surface area contributed by atoms with E-state index >= 15 is 0 Å². The maximum Gasteiger partial charge on any atom is 0.224 e. The minimum absolute atomic E-state index is 0.0257. The number of amides is 1. The fraction of sp³-hybridized carbons (Fsp3) is 0.458. The van der Waals surface area contributed by atoms with Crippen molar-refractivity contribution in [2.75, 3.05) is 25.0 Å². The highest BCUT2D eigenvalue weighted by atomic mass is 79.9. The second-order valence-corrected chi connectivity index (χ2v) is 8.51. The van der Waals surface area contributed by atoms with Crippen LogP contribution in [0, 0.1) is 0 Å². The van der Waals surface area contributed by atoms with Crippen molar-refractivity contribution >= 4 is 27.5 Å². The highest BCUT2D eigenvalue weighted by molar-refractivity contribution is 9.10. The molecule has 29 heavy (non-hydrogen) atoms. The van der Waals surface area contributed by atoms with Gasteiger partial charge in [0.1, 0.15) is 5.75 Å². The molecule has 0 aliphatic carbocycles. The van der Waals surface area contributed by atoms with Crippen molar-refractivity contribution in [2.24, 2.45) is 0 Å². The van der Waals surface area contributed by atoms with Crippen LogP contribution in [0.2, 0.25) is 0 Å². The minimum Gasteiger partial charge on any atom is -0.492 e. The van der Waals surface area contributed by atoms with E-state index < -0.39 is 0 Å². The van der Waals surface area contributed by atoms with Gasteiger partial charge in [0, 0.05) is 18.7 Å². The highest BCUT2D eigenvalue weighted by Gasteiger charge is 2.10. The van der Waals surface area contributed by atoms with Crippen LogP contribution in [-0.4, -0.2) is 30.5 Å². The first-order valence-electron chi connectivity index (χ1n) is 10.7. The molecule has 2 aromatic rings. The number of likely N-dealkylation sites (tertiary alicyclic amines) is 1. The molecule has 1 heterocycles. The van der Waals surface area contributed by atoms with Crippen molar-refractivity contribution in [1.29, 1.82) is 0 Å². The first-order chi connectivity index (χ1) is 14.1. The summed E-state index contributed by atoms with van der Waals surface area (Å²) in [5.41, 5.74) is 3.43. The number of halogens is 1. The quantitative estimate of drug-likeness (QED) is 0.483. The van der Waals surface area contributed by atoms with E-state index in [-0.39, 0.29) is 5.91 Å². The third-order valence-electron chi connectivity index (χ3n) is 5.30. The lowest BCUT2D eigenvalue weighted by atomic mass is 10.1. The number of carbonyl (C=O) groups excluding carboxylic acids is 1. The van der Waals surface area contributed by atoms with Crippen LogP contribution in [0.15, 0.2) is 46.9 Å². The fourth-order valence-electron chi connectivity index (χ4n) is 3.59. The molecule has 1 fully saturated rings. The Kier molecular flexibility index (Phi) is 8.56. The van der Waals surface area contributed by atoms with E-state index in [4.69, 9.17) is 4.74 Å². The monoisotopic (exact) mass is 458 g/mol. The molecule has 1 amide bonds. The van der Waals surface area contributed by atoms with Crippen molar-refractivity contribution in [3.8, 4) is 5.75 Å². The molecule has 1 aliphatic rings. The molecule has 1 N–H and O–H groups in total. The van der Waals surface area contributed by atoms with Crippen LogP contribution in [0.5, 0.6) is 5.75 Å². The van der Waals surface area contributed by atoms with E-state index in [1.807, 2.05) is 18.2 Å². The largest absolute Gasteiger partial charge is 0.492 e. The summed E-state index contributed by atoms with van der Waals surface area (Å²) in [6.45, 7) is 6.04. The summed E-state index contributed by atoms with van der Waals surface area (Å²) in [4.78, 5) is 14.7. The van der Waals surface area contributed by atoms with E-state index in [0.29, 0.717) is 19.4 Å². The molecule has 0 atom stereocenters. The van der Waals surface area contributed by atoms with Crippen LogP contribution in [0.25, 0.3) is 0 Å². The number of anilines is 1. The summed E-state index contributed by atoms with van der Waals surface area (Å²) in [5, 5.41) is 2.98. The maximum atomic E-state index is 12.2. The average Bonchev–Trinajstić information content (AvgIpc) is 2.74. The van der Waals surface area contributed by atoms with Gasteiger partial charge in [-0.25, -0.2) is 0 Å². The van der Waals surface area contributed by atoms with Gasteiger partial charge in [0.05, 0.1) is 11.1 Å². The Balaban J connectivity index is 1.37. The number of hydrogen-bond donors (Lipinski definition) is 1.